The van der Waals surface area contributed by atoms with Gasteiger partial charge in [0.1, 0.15) is 16.4 Å². The predicted molar refractivity (Wildman–Crippen MR) is 136 cm³/mol. The number of carbonyl (C=O) groups excluding carboxylic acids is 1. The molecule has 39 heavy (non-hydrogen) atoms. The van der Waals surface area contributed by atoms with E-state index in [0.29, 0.717) is 31.9 Å². The first kappa shape index (κ1) is 31.9. The lowest BCUT2D eigenvalue weighted by atomic mass is 10.0. The Morgan fingerprint density at radius 2 is 1.67 bits per heavy atom. The predicted octanol–water partition coefficient (Wildman–Crippen LogP) is 2.56. The van der Waals surface area contributed by atoms with Gasteiger partial charge in [0.15, 0.2) is 0 Å². The molecule has 14 heteroatoms. The Hall–Kier alpha value is -3.36. The van der Waals surface area contributed by atoms with Crippen molar-refractivity contribution in [2.24, 2.45) is 0 Å². The summed E-state index contributed by atoms with van der Waals surface area (Å²) in [7, 11) is -1.15. The van der Waals surface area contributed by atoms with Crippen molar-refractivity contribution in [3.05, 3.63) is 54.1 Å². The molecule has 1 fully saturated rings. The Morgan fingerprint density at radius 1 is 1.08 bits per heavy atom. The molecule has 0 aliphatic carbocycles. The highest BCUT2D eigenvalue weighted by Gasteiger charge is 2.38. The number of halogens is 3. The van der Waals surface area contributed by atoms with Crippen molar-refractivity contribution in [1.29, 1.82) is 0 Å². The number of alkyl halides is 3. The number of carboxylic acids is 1. The average molecular weight is 576 g/mol. The second kappa shape index (κ2) is 14.1. The van der Waals surface area contributed by atoms with Crippen molar-refractivity contribution in [1.82, 2.24) is 14.5 Å². The number of ether oxygens (including phenoxy) is 2. The van der Waals surface area contributed by atoms with E-state index in [9.17, 15) is 26.4 Å². The Bertz CT molecular complexity index is 1210. The van der Waals surface area contributed by atoms with E-state index in [1.165, 1.54) is 24.6 Å². The molecule has 2 aromatic carbocycles. The molecule has 1 saturated heterocycles. The summed E-state index contributed by atoms with van der Waals surface area (Å²) in [6.45, 7) is 4.39. The summed E-state index contributed by atoms with van der Waals surface area (Å²) in [6, 6.07) is 14.3. The molecule has 1 heterocycles. The van der Waals surface area contributed by atoms with Crippen molar-refractivity contribution >= 4 is 21.9 Å². The van der Waals surface area contributed by atoms with Crippen LogP contribution in [-0.2, 0) is 19.6 Å². The number of carbonyl (C=O) groups is 2. The third-order valence-electron chi connectivity index (χ3n) is 5.86. The number of nitrogens with zero attached hydrogens (tertiary/aromatic N) is 2. The molecular formula is C25H32F3N3O7S. The summed E-state index contributed by atoms with van der Waals surface area (Å²) in [5.41, 5.74) is 1.000. The van der Waals surface area contributed by atoms with Crippen LogP contribution < -0.4 is 14.8 Å². The summed E-state index contributed by atoms with van der Waals surface area (Å²) < 4.78 is 71.1. The maximum absolute atomic E-state index is 13.8. The first-order valence-electron chi connectivity index (χ1n) is 11.9. The molecule has 1 atom stereocenters. The van der Waals surface area contributed by atoms with Crippen molar-refractivity contribution in [2.75, 3.05) is 53.5 Å². The number of methoxy groups -OCH3 is 2. The van der Waals surface area contributed by atoms with E-state index >= 15 is 0 Å². The lowest BCUT2D eigenvalue weighted by Crippen LogP contribution is -2.50. The SMILES string of the molecule is COc1ccc(OC)c(S(=O)(=O)N(CC(=O)N2CCNCC2)CC(C)c2ccccc2)c1.O=C(O)C(F)(F)F. The minimum Gasteiger partial charge on any atom is -0.497 e. The second-order valence-electron chi connectivity index (χ2n) is 8.56. The van der Waals surface area contributed by atoms with Gasteiger partial charge in [0, 0.05) is 38.8 Å². The van der Waals surface area contributed by atoms with Crippen molar-refractivity contribution in [3.63, 3.8) is 0 Å². The van der Waals surface area contributed by atoms with Gasteiger partial charge in [0.25, 0.3) is 0 Å². The van der Waals surface area contributed by atoms with Gasteiger partial charge in [-0.15, -0.1) is 0 Å². The molecule has 216 valence electrons. The van der Waals surface area contributed by atoms with Crippen LogP contribution >= 0.6 is 0 Å². The summed E-state index contributed by atoms with van der Waals surface area (Å²) in [5, 5.41) is 10.3. The van der Waals surface area contributed by atoms with Gasteiger partial charge in [0.2, 0.25) is 15.9 Å². The number of carboxylic acid groups (broad SMARTS) is 1. The number of aliphatic carboxylic acids is 1. The molecule has 1 aliphatic rings. The van der Waals surface area contributed by atoms with E-state index in [4.69, 9.17) is 19.4 Å². The van der Waals surface area contributed by atoms with Crippen LogP contribution in [0.3, 0.4) is 0 Å². The van der Waals surface area contributed by atoms with Crippen LogP contribution in [0.1, 0.15) is 18.4 Å². The van der Waals surface area contributed by atoms with Crippen molar-refractivity contribution in [2.45, 2.75) is 23.9 Å². The minimum atomic E-state index is -5.08. The monoisotopic (exact) mass is 575 g/mol. The fourth-order valence-electron chi connectivity index (χ4n) is 3.73. The fourth-order valence-corrected chi connectivity index (χ4v) is 5.38. The Morgan fingerprint density at radius 3 is 2.18 bits per heavy atom. The van der Waals surface area contributed by atoms with Gasteiger partial charge in [-0.05, 0) is 23.6 Å². The first-order chi connectivity index (χ1) is 18.3. The number of hydrogen-bond donors (Lipinski definition) is 2. The quantitative estimate of drug-likeness (QED) is 0.468. The highest BCUT2D eigenvalue weighted by molar-refractivity contribution is 7.89. The number of sulfonamides is 1. The van der Waals surface area contributed by atoms with Crippen LogP contribution in [0.15, 0.2) is 53.4 Å². The fraction of sp³-hybridized carbons (Fsp3) is 0.440. The molecular weight excluding hydrogens is 543 g/mol. The topological polar surface area (TPSA) is 125 Å². The summed E-state index contributed by atoms with van der Waals surface area (Å²) in [5.74, 6) is -2.48. The average Bonchev–Trinajstić information content (AvgIpc) is 2.92. The Labute approximate surface area is 225 Å². The van der Waals surface area contributed by atoms with Crippen molar-refractivity contribution in [3.8, 4) is 11.5 Å². The van der Waals surface area contributed by atoms with Crippen molar-refractivity contribution < 1.29 is 45.8 Å². The maximum atomic E-state index is 13.8. The van der Waals surface area contributed by atoms with Crippen LogP contribution in [0.2, 0.25) is 0 Å². The van der Waals surface area contributed by atoms with Gasteiger partial charge in [-0.3, -0.25) is 4.79 Å². The minimum absolute atomic E-state index is 0.0206. The van der Waals surface area contributed by atoms with Gasteiger partial charge in [-0.1, -0.05) is 37.3 Å². The number of rotatable bonds is 9. The molecule has 2 aromatic rings. The third kappa shape index (κ3) is 9.11. The van der Waals surface area contributed by atoms with Gasteiger partial charge >= 0.3 is 12.1 Å². The van der Waals surface area contributed by atoms with Gasteiger partial charge in [-0.2, -0.15) is 17.5 Å². The van der Waals surface area contributed by atoms with Gasteiger partial charge < -0.3 is 24.8 Å². The second-order valence-corrected chi connectivity index (χ2v) is 10.5. The van der Waals surface area contributed by atoms with Crippen LogP contribution in [0, 0.1) is 0 Å². The number of amides is 1. The molecule has 1 amide bonds. The lowest BCUT2D eigenvalue weighted by Gasteiger charge is -2.31. The smallest absolute Gasteiger partial charge is 0.490 e. The highest BCUT2D eigenvalue weighted by atomic mass is 32.2. The third-order valence-corrected chi connectivity index (χ3v) is 7.69. The van der Waals surface area contributed by atoms with E-state index in [1.807, 2.05) is 37.3 Å². The number of piperazine rings is 1. The van der Waals surface area contributed by atoms with Crippen LogP contribution in [0.5, 0.6) is 11.5 Å². The summed E-state index contributed by atoms with van der Waals surface area (Å²) in [4.78, 5) is 23.6. The zero-order valence-electron chi connectivity index (χ0n) is 21.8. The Balaban J connectivity index is 0.000000673. The zero-order chi connectivity index (χ0) is 29.2. The van der Waals surface area contributed by atoms with E-state index in [0.717, 1.165) is 5.56 Å². The summed E-state index contributed by atoms with van der Waals surface area (Å²) >= 11 is 0. The van der Waals surface area contributed by atoms with Crippen LogP contribution in [0.4, 0.5) is 13.2 Å². The van der Waals surface area contributed by atoms with Crippen LogP contribution in [0.25, 0.3) is 0 Å². The molecule has 0 aromatic heterocycles. The van der Waals surface area contributed by atoms with E-state index in [2.05, 4.69) is 5.32 Å². The standard InChI is InChI=1S/C23H31N3O5S.C2HF3O2/c1-18(19-7-5-4-6-8-19)16-26(17-23(27)25-13-11-24-12-14-25)32(28,29)22-15-20(30-2)9-10-21(22)31-3;3-2(4,5)1(6)7/h4-10,15,18,24H,11-14,16-17H2,1-3H3;(H,6,7). The first-order valence-corrected chi connectivity index (χ1v) is 13.3. The largest absolute Gasteiger partial charge is 0.497 e. The molecule has 10 nitrogen and oxygen atoms in total. The van der Waals surface area contributed by atoms with E-state index in [1.54, 1.807) is 17.0 Å². The van der Waals surface area contributed by atoms with E-state index in [-0.39, 0.29) is 35.6 Å². The molecule has 3 rings (SSSR count). The maximum Gasteiger partial charge on any atom is 0.490 e. The number of hydrogen-bond acceptors (Lipinski definition) is 7. The Kier molecular flexibility index (Phi) is 11.6. The van der Waals surface area contributed by atoms with E-state index < -0.39 is 22.2 Å². The number of nitrogens with one attached hydrogen (secondary N) is 1. The normalized spacial score (nSPS) is 14.7. The molecule has 0 radical (unpaired) electrons. The molecule has 2 N–H and O–H groups in total. The molecule has 1 aliphatic heterocycles. The summed E-state index contributed by atoms with van der Waals surface area (Å²) in [6.07, 6.45) is -5.08. The molecule has 0 spiro atoms. The molecule has 1 unspecified atom stereocenters. The lowest BCUT2D eigenvalue weighted by molar-refractivity contribution is -0.192. The van der Waals surface area contributed by atoms with Gasteiger partial charge in [0.05, 0.1) is 20.8 Å². The van der Waals surface area contributed by atoms with Gasteiger partial charge in [-0.25, -0.2) is 13.2 Å². The molecule has 0 bridgehead atoms. The van der Waals surface area contributed by atoms with Crippen LogP contribution in [-0.4, -0.2) is 94.3 Å². The number of benzene rings is 2. The highest BCUT2D eigenvalue weighted by Crippen LogP contribution is 2.32. The molecule has 0 saturated carbocycles. The zero-order valence-corrected chi connectivity index (χ0v) is 22.6.